The molecule has 3 nitrogen and oxygen atoms in total. The van der Waals surface area contributed by atoms with Gasteiger partial charge in [-0.15, -0.1) is 0 Å². The first-order valence-corrected chi connectivity index (χ1v) is 5.90. The molecule has 0 bridgehead atoms. The highest BCUT2D eigenvalue weighted by Crippen LogP contribution is 2.27. The molecule has 2 rings (SSSR count). The van der Waals surface area contributed by atoms with Gasteiger partial charge in [0.1, 0.15) is 6.61 Å². The van der Waals surface area contributed by atoms with Gasteiger partial charge in [-0.3, -0.25) is 4.90 Å². The molecule has 1 amide bonds. The second-order valence-corrected chi connectivity index (χ2v) is 3.77. The van der Waals surface area contributed by atoms with Crippen molar-refractivity contribution in [2.24, 2.45) is 0 Å². The summed E-state index contributed by atoms with van der Waals surface area (Å²) < 4.78 is 5.67. The lowest BCUT2D eigenvalue weighted by Crippen LogP contribution is -2.25. The molecule has 1 saturated heterocycles. The Bertz CT molecular complexity index is 328. The first-order valence-electron chi connectivity index (χ1n) is 4.37. The summed E-state index contributed by atoms with van der Waals surface area (Å²) in [5, 5.41) is 0. The maximum Gasteiger partial charge on any atom is 0.411 e. The number of cyclic esters (lactones) is 1. The van der Waals surface area contributed by atoms with Crippen molar-refractivity contribution in [2.75, 3.05) is 11.2 Å². The second kappa shape index (κ2) is 4.16. The van der Waals surface area contributed by atoms with Gasteiger partial charge in [0.25, 0.3) is 0 Å². The number of carbonyl (C=O) groups is 1. The van der Waals surface area contributed by atoms with Crippen LogP contribution < -0.4 is 0 Å². The number of halogens is 1. The lowest BCUT2D eigenvalue weighted by Gasteiger charge is -2.18. The number of benzene rings is 1. The highest BCUT2D eigenvalue weighted by atomic mass is 127. The summed E-state index contributed by atoms with van der Waals surface area (Å²) in [7, 11) is 0. The Morgan fingerprint density at radius 1 is 1.43 bits per heavy atom. The van der Waals surface area contributed by atoms with E-state index in [0.29, 0.717) is 11.2 Å². The van der Waals surface area contributed by atoms with Crippen LogP contribution in [-0.2, 0) is 4.74 Å². The molecule has 0 saturated carbocycles. The van der Waals surface area contributed by atoms with E-state index in [0.717, 1.165) is 5.56 Å². The number of nitrogens with zero attached hydrogens (tertiary/aromatic N) is 1. The van der Waals surface area contributed by atoms with E-state index in [1.165, 1.54) is 0 Å². The summed E-state index contributed by atoms with van der Waals surface area (Å²) in [4.78, 5) is 13.0. The number of alkyl halides is 1. The third-order valence-electron chi connectivity index (χ3n) is 2.29. The van der Waals surface area contributed by atoms with Gasteiger partial charge in [-0.2, -0.15) is 0 Å². The van der Waals surface area contributed by atoms with Gasteiger partial charge in [0.2, 0.25) is 0 Å². The minimum Gasteiger partial charge on any atom is -0.447 e. The summed E-state index contributed by atoms with van der Waals surface area (Å²) in [6.07, 6.45) is -0.215. The first kappa shape index (κ1) is 9.76. The highest BCUT2D eigenvalue weighted by Gasteiger charge is 2.32. The first-order chi connectivity index (χ1) is 6.83. The lowest BCUT2D eigenvalue weighted by molar-refractivity contribution is 0.162. The van der Waals surface area contributed by atoms with Crippen LogP contribution in [0.4, 0.5) is 4.79 Å². The monoisotopic (exact) mass is 303 g/mol. The van der Waals surface area contributed by atoms with Crippen LogP contribution in [0.15, 0.2) is 30.3 Å². The molecule has 1 atom stereocenters. The van der Waals surface area contributed by atoms with Crippen molar-refractivity contribution >= 4 is 28.7 Å². The van der Waals surface area contributed by atoms with Crippen molar-refractivity contribution < 1.29 is 9.53 Å². The normalized spacial score (nSPS) is 21.1. The third kappa shape index (κ3) is 1.70. The van der Waals surface area contributed by atoms with Gasteiger partial charge in [0.15, 0.2) is 0 Å². The van der Waals surface area contributed by atoms with Crippen molar-refractivity contribution in [1.29, 1.82) is 0 Å². The Labute approximate surface area is 96.2 Å². The van der Waals surface area contributed by atoms with Crippen LogP contribution in [0.2, 0.25) is 0 Å². The van der Waals surface area contributed by atoms with Gasteiger partial charge < -0.3 is 4.74 Å². The van der Waals surface area contributed by atoms with Crippen LogP contribution in [0.5, 0.6) is 0 Å². The van der Waals surface area contributed by atoms with Crippen LogP contribution >= 0.6 is 22.6 Å². The van der Waals surface area contributed by atoms with E-state index in [1.807, 2.05) is 30.3 Å². The summed E-state index contributed by atoms with van der Waals surface area (Å²) in [6, 6.07) is 10.0. The smallest absolute Gasteiger partial charge is 0.411 e. The fourth-order valence-electron chi connectivity index (χ4n) is 1.53. The van der Waals surface area contributed by atoms with E-state index in [2.05, 4.69) is 22.6 Å². The fraction of sp³-hybridized carbons (Fsp3) is 0.300. The Morgan fingerprint density at radius 3 is 2.79 bits per heavy atom. The van der Waals surface area contributed by atoms with Gasteiger partial charge in [-0.1, -0.05) is 52.9 Å². The largest absolute Gasteiger partial charge is 0.447 e. The molecule has 0 N–H and O–H groups in total. The van der Waals surface area contributed by atoms with Gasteiger partial charge >= 0.3 is 6.09 Å². The summed E-state index contributed by atoms with van der Waals surface area (Å²) in [6.45, 7) is 0.464. The third-order valence-corrected chi connectivity index (χ3v) is 3.02. The molecule has 4 heteroatoms. The average Bonchev–Trinajstić information content (AvgIpc) is 2.61. The van der Waals surface area contributed by atoms with E-state index in [9.17, 15) is 4.79 Å². The van der Waals surface area contributed by atoms with Gasteiger partial charge in [-0.05, 0) is 5.56 Å². The minimum absolute atomic E-state index is 0.0839. The molecule has 0 unspecified atom stereocenters. The molecule has 14 heavy (non-hydrogen) atoms. The summed E-state index contributed by atoms with van der Waals surface area (Å²) in [5.74, 6) is 0. The summed E-state index contributed by atoms with van der Waals surface area (Å²) in [5.41, 5.74) is 1.13. The Hall–Kier alpha value is -0.780. The number of ether oxygens (including phenoxy) is 1. The molecule has 1 fully saturated rings. The molecule has 1 heterocycles. The van der Waals surface area contributed by atoms with Crippen molar-refractivity contribution in [3.05, 3.63) is 35.9 Å². The molecule has 0 spiro atoms. The molecule has 74 valence electrons. The number of hydrogen-bond donors (Lipinski definition) is 0. The molecule has 1 aliphatic rings. The predicted octanol–water partition coefficient (Wildman–Crippen LogP) is 2.57. The number of carbonyl (C=O) groups excluding carboxylic acids is 1. The van der Waals surface area contributed by atoms with E-state index >= 15 is 0 Å². The molecular weight excluding hydrogens is 293 g/mol. The highest BCUT2D eigenvalue weighted by molar-refractivity contribution is 14.1. The van der Waals surface area contributed by atoms with E-state index in [1.54, 1.807) is 4.90 Å². The van der Waals surface area contributed by atoms with Crippen LogP contribution in [0, 0.1) is 0 Å². The number of hydrogen-bond acceptors (Lipinski definition) is 2. The molecule has 0 aliphatic carbocycles. The number of amides is 1. The Morgan fingerprint density at radius 2 is 2.14 bits per heavy atom. The Balaban J connectivity index is 2.23. The van der Waals surface area contributed by atoms with E-state index in [4.69, 9.17) is 4.74 Å². The van der Waals surface area contributed by atoms with Gasteiger partial charge in [0.05, 0.1) is 10.6 Å². The number of rotatable bonds is 2. The topological polar surface area (TPSA) is 29.5 Å². The summed E-state index contributed by atoms with van der Waals surface area (Å²) >= 11 is 2.17. The maximum atomic E-state index is 11.3. The maximum absolute atomic E-state index is 11.3. The lowest BCUT2D eigenvalue weighted by atomic mass is 10.1. The van der Waals surface area contributed by atoms with Crippen LogP contribution in [-0.4, -0.2) is 22.2 Å². The zero-order valence-corrected chi connectivity index (χ0v) is 9.68. The molecule has 1 aromatic carbocycles. The zero-order chi connectivity index (χ0) is 9.97. The molecule has 1 aliphatic heterocycles. The van der Waals surface area contributed by atoms with E-state index < -0.39 is 0 Å². The van der Waals surface area contributed by atoms with Crippen molar-refractivity contribution in [2.45, 2.75) is 6.04 Å². The van der Waals surface area contributed by atoms with E-state index in [-0.39, 0.29) is 12.1 Å². The van der Waals surface area contributed by atoms with Crippen LogP contribution in [0.1, 0.15) is 11.6 Å². The average molecular weight is 303 g/mol. The zero-order valence-electron chi connectivity index (χ0n) is 7.52. The minimum atomic E-state index is -0.215. The molecule has 0 aromatic heterocycles. The van der Waals surface area contributed by atoms with Crippen LogP contribution in [0.3, 0.4) is 0 Å². The van der Waals surface area contributed by atoms with Gasteiger partial charge in [-0.25, -0.2) is 4.79 Å². The fourth-order valence-corrected chi connectivity index (χ4v) is 2.29. The predicted molar refractivity (Wildman–Crippen MR) is 61.3 cm³/mol. The Kier molecular flexibility index (Phi) is 2.90. The standard InChI is InChI=1S/C10H10INO2/c11-7-12-9(6-14-10(12)13)8-4-2-1-3-5-8/h1-5,9H,6-7H2/t9-/m0/s1. The molecular formula is C10H10INO2. The van der Waals surface area contributed by atoms with Gasteiger partial charge in [0, 0.05) is 0 Å². The van der Waals surface area contributed by atoms with Crippen LogP contribution in [0.25, 0.3) is 0 Å². The van der Waals surface area contributed by atoms with Crippen molar-refractivity contribution in [3.8, 4) is 0 Å². The quantitative estimate of drug-likeness (QED) is 0.477. The second-order valence-electron chi connectivity index (χ2n) is 3.09. The van der Waals surface area contributed by atoms with Crippen molar-refractivity contribution in [3.63, 3.8) is 0 Å². The van der Waals surface area contributed by atoms with Crippen molar-refractivity contribution in [1.82, 2.24) is 4.90 Å². The molecule has 0 radical (unpaired) electrons. The SMILES string of the molecule is O=C1OC[C@@H](c2ccccc2)N1CI. The molecule has 1 aromatic rings.